The third kappa shape index (κ3) is 6.01. The van der Waals surface area contributed by atoms with E-state index in [1.54, 1.807) is 0 Å². The molecule has 3 aromatic carbocycles. The second kappa shape index (κ2) is 10.7. The fourth-order valence-electron chi connectivity index (χ4n) is 3.40. The Morgan fingerprint density at radius 2 is 1.61 bits per heavy atom. The number of nitrogens with two attached hydrogens (primary N) is 2. The van der Waals surface area contributed by atoms with E-state index in [9.17, 15) is 0 Å². The van der Waals surface area contributed by atoms with Gasteiger partial charge in [-0.1, -0.05) is 70.0 Å². The summed E-state index contributed by atoms with van der Waals surface area (Å²) < 4.78 is 6.92. The molecule has 6 nitrogen and oxygen atoms in total. The molecule has 0 saturated heterocycles. The Hall–Kier alpha value is -3.13. The molecule has 0 aliphatic carbocycles. The average Bonchev–Trinajstić information content (AvgIpc) is 2.80. The van der Waals surface area contributed by atoms with Crippen LogP contribution < -0.4 is 16.8 Å². The van der Waals surface area contributed by atoms with Crippen LogP contribution in [0.15, 0.2) is 77.3 Å². The molecule has 4 rings (SSSR count). The third-order valence-corrected chi connectivity index (χ3v) is 6.09. The Labute approximate surface area is 206 Å². The van der Waals surface area contributed by atoms with Crippen molar-refractivity contribution in [1.29, 1.82) is 0 Å². The normalized spacial score (nSPS) is 10.8. The van der Waals surface area contributed by atoms with Gasteiger partial charge in [0, 0.05) is 27.3 Å². The highest BCUT2D eigenvalue weighted by Crippen LogP contribution is 2.30. The number of hydrogen-bond donors (Lipinski definition) is 3. The summed E-state index contributed by atoms with van der Waals surface area (Å²) in [4.78, 5) is 8.54. The average molecular weight is 525 g/mol. The van der Waals surface area contributed by atoms with Gasteiger partial charge in [-0.25, -0.2) is 4.98 Å². The summed E-state index contributed by atoms with van der Waals surface area (Å²) in [6.45, 7) is 1.38. The predicted octanol–water partition coefficient (Wildman–Crippen LogP) is 6.05. The summed E-state index contributed by atoms with van der Waals surface area (Å²) in [6.07, 6.45) is 0. The fourth-order valence-corrected chi connectivity index (χ4v) is 3.92. The molecule has 0 fully saturated rings. The van der Waals surface area contributed by atoms with Crippen molar-refractivity contribution >= 4 is 45.0 Å². The van der Waals surface area contributed by atoms with E-state index in [1.165, 1.54) is 0 Å². The van der Waals surface area contributed by atoms with Crippen molar-refractivity contribution in [2.24, 2.45) is 0 Å². The molecule has 4 aromatic rings. The van der Waals surface area contributed by atoms with Crippen molar-refractivity contribution in [3.8, 4) is 11.1 Å². The van der Waals surface area contributed by atoms with Crippen LogP contribution in [0, 0.1) is 0 Å². The summed E-state index contributed by atoms with van der Waals surface area (Å²) in [7, 11) is 0. The van der Waals surface area contributed by atoms with Crippen LogP contribution in [0.25, 0.3) is 11.1 Å². The van der Waals surface area contributed by atoms with Gasteiger partial charge < -0.3 is 21.5 Å². The molecule has 0 bridgehead atoms. The number of benzene rings is 3. The predicted molar refractivity (Wildman–Crippen MR) is 138 cm³/mol. The van der Waals surface area contributed by atoms with Crippen molar-refractivity contribution < 1.29 is 4.74 Å². The molecule has 0 aliphatic heterocycles. The third-order valence-electron chi connectivity index (χ3n) is 5.07. The summed E-state index contributed by atoms with van der Waals surface area (Å²) in [5.74, 6) is 0.445. The number of anilines is 3. The van der Waals surface area contributed by atoms with Crippen LogP contribution in [0.2, 0.25) is 5.02 Å². The summed E-state index contributed by atoms with van der Waals surface area (Å²) in [6, 6.07) is 23.6. The van der Waals surface area contributed by atoms with E-state index in [4.69, 9.17) is 27.8 Å². The van der Waals surface area contributed by atoms with Gasteiger partial charge in [0.2, 0.25) is 5.95 Å². The van der Waals surface area contributed by atoms with E-state index in [-0.39, 0.29) is 12.6 Å². The van der Waals surface area contributed by atoms with Gasteiger partial charge in [-0.3, -0.25) is 0 Å². The number of nitrogens with one attached hydrogen (secondary N) is 1. The number of nitrogen functional groups attached to an aromatic ring is 2. The first-order chi connectivity index (χ1) is 16.0. The lowest BCUT2D eigenvalue weighted by Crippen LogP contribution is -2.08. The quantitative estimate of drug-likeness (QED) is 0.259. The van der Waals surface area contributed by atoms with Crippen molar-refractivity contribution in [2.75, 3.05) is 16.8 Å². The zero-order valence-corrected chi connectivity index (χ0v) is 20.1. The standard InChI is InChI=1S/C25H23BrClN5O/c26-21-4-2-1-3-18(21)14-33-15-22-23(24(28)32-25(29)31-22)17-7-11-20(12-8-17)30-13-16-5-9-19(27)10-6-16/h1-12,30H,13-15H2,(H4,28,29,31,32). The molecular formula is C25H23BrClN5O. The highest BCUT2D eigenvalue weighted by molar-refractivity contribution is 9.10. The molecule has 0 unspecified atom stereocenters. The highest BCUT2D eigenvalue weighted by atomic mass is 79.9. The van der Waals surface area contributed by atoms with Crippen molar-refractivity contribution in [2.45, 2.75) is 19.8 Å². The van der Waals surface area contributed by atoms with E-state index in [1.807, 2.05) is 72.8 Å². The van der Waals surface area contributed by atoms with Gasteiger partial charge in [0.25, 0.3) is 0 Å². The molecule has 1 aromatic heterocycles. The van der Waals surface area contributed by atoms with E-state index in [2.05, 4.69) is 31.2 Å². The second-order valence-electron chi connectivity index (χ2n) is 7.43. The molecule has 0 saturated carbocycles. The summed E-state index contributed by atoms with van der Waals surface area (Å²) >= 11 is 9.49. The first kappa shape index (κ1) is 23.0. The molecular weight excluding hydrogens is 502 g/mol. The Morgan fingerprint density at radius 3 is 2.33 bits per heavy atom. The van der Waals surface area contributed by atoms with Crippen LogP contribution in [0.1, 0.15) is 16.8 Å². The van der Waals surface area contributed by atoms with Crippen molar-refractivity contribution in [1.82, 2.24) is 9.97 Å². The first-order valence-corrected chi connectivity index (χ1v) is 11.5. The number of nitrogens with zero attached hydrogens (tertiary/aromatic N) is 2. The minimum atomic E-state index is 0.122. The van der Waals surface area contributed by atoms with Crippen LogP contribution in [-0.4, -0.2) is 9.97 Å². The lowest BCUT2D eigenvalue weighted by atomic mass is 10.0. The minimum absolute atomic E-state index is 0.122. The Kier molecular flexibility index (Phi) is 7.44. The highest BCUT2D eigenvalue weighted by Gasteiger charge is 2.14. The Bertz CT molecular complexity index is 1230. The maximum atomic E-state index is 6.23. The van der Waals surface area contributed by atoms with E-state index >= 15 is 0 Å². The molecule has 0 aliphatic rings. The van der Waals surface area contributed by atoms with Gasteiger partial charge in [-0.15, -0.1) is 0 Å². The lowest BCUT2D eigenvalue weighted by Gasteiger charge is -2.14. The van der Waals surface area contributed by atoms with Gasteiger partial charge in [-0.05, 0) is 47.0 Å². The number of rotatable bonds is 8. The van der Waals surface area contributed by atoms with Crippen LogP contribution in [0.3, 0.4) is 0 Å². The molecule has 8 heteroatoms. The molecule has 0 atom stereocenters. The Morgan fingerprint density at radius 1 is 0.879 bits per heavy atom. The number of aromatic nitrogens is 2. The summed E-state index contributed by atoms with van der Waals surface area (Å²) in [5, 5.41) is 4.13. The molecule has 5 N–H and O–H groups in total. The number of ether oxygens (including phenoxy) is 1. The number of halogens is 2. The van der Waals surface area contributed by atoms with Gasteiger partial charge in [0.05, 0.1) is 18.9 Å². The molecule has 0 radical (unpaired) electrons. The van der Waals surface area contributed by atoms with Gasteiger partial charge in [0.15, 0.2) is 0 Å². The smallest absolute Gasteiger partial charge is 0.222 e. The monoisotopic (exact) mass is 523 g/mol. The SMILES string of the molecule is Nc1nc(N)c(-c2ccc(NCc3ccc(Cl)cc3)cc2)c(COCc2ccccc2Br)n1. The van der Waals surface area contributed by atoms with Gasteiger partial charge in [-0.2, -0.15) is 4.98 Å². The van der Waals surface area contributed by atoms with E-state index in [0.29, 0.717) is 24.7 Å². The lowest BCUT2D eigenvalue weighted by molar-refractivity contribution is 0.104. The van der Waals surface area contributed by atoms with Crippen LogP contribution >= 0.6 is 27.5 Å². The molecule has 168 valence electrons. The van der Waals surface area contributed by atoms with Crippen molar-refractivity contribution in [3.05, 3.63) is 99.1 Å². The first-order valence-electron chi connectivity index (χ1n) is 10.3. The van der Waals surface area contributed by atoms with E-state index in [0.717, 1.165) is 37.4 Å². The molecule has 33 heavy (non-hydrogen) atoms. The minimum Gasteiger partial charge on any atom is -0.383 e. The zero-order valence-electron chi connectivity index (χ0n) is 17.8. The topological polar surface area (TPSA) is 99.1 Å². The van der Waals surface area contributed by atoms with E-state index < -0.39 is 0 Å². The van der Waals surface area contributed by atoms with Crippen LogP contribution in [0.5, 0.6) is 0 Å². The van der Waals surface area contributed by atoms with Crippen LogP contribution in [-0.2, 0) is 24.5 Å². The largest absolute Gasteiger partial charge is 0.383 e. The maximum Gasteiger partial charge on any atom is 0.222 e. The zero-order chi connectivity index (χ0) is 23.2. The molecule has 0 amide bonds. The second-order valence-corrected chi connectivity index (χ2v) is 8.72. The molecule has 0 spiro atoms. The number of hydrogen-bond acceptors (Lipinski definition) is 6. The van der Waals surface area contributed by atoms with Gasteiger partial charge in [0.1, 0.15) is 5.82 Å². The summed E-state index contributed by atoms with van der Waals surface area (Å²) in [5.41, 5.74) is 17.5. The van der Waals surface area contributed by atoms with Crippen LogP contribution in [0.4, 0.5) is 17.5 Å². The maximum absolute atomic E-state index is 6.23. The fraction of sp³-hybridized carbons (Fsp3) is 0.120. The van der Waals surface area contributed by atoms with Gasteiger partial charge >= 0.3 is 0 Å². The Balaban J connectivity index is 1.48. The van der Waals surface area contributed by atoms with Crippen molar-refractivity contribution in [3.63, 3.8) is 0 Å². The molecule has 1 heterocycles.